The summed E-state index contributed by atoms with van der Waals surface area (Å²) in [7, 11) is -3.07. The van der Waals surface area contributed by atoms with Gasteiger partial charge < -0.3 is 9.32 Å². The van der Waals surface area contributed by atoms with Gasteiger partial charge in [0.25, 0.3) is 5.22 Å². The van der Waals surface area contributed by atoms with Gasteiger partial charge in [-0.2, -0.15) is 0 Å². The Morgan fingerprint density at radius 2 is 1.59 bits per heavy atom. The van der Waals surface area contributed by atoms with Crippen molar-refractivity contribution in [2.75, 3.05) is 17.3 Å². The Kier molecular flexibility index (Phi) is 6.79. The second kappa shape index (κ2) is 9.96. The first-order valence-electron chi connectivity index (χ1n) is 11.8. The van der Waals surface area contributed by atoms with Crippen LogP contribution in [0, 0.1) is 0 Å². The van der Waals surface area contributed by atoms with Gasteiger partial charge in [0.05, 0.1) is 17.3 Å². The minimum Gasteiger partial charge on any atom is -0.431 e. The summed E-state index contributed by atoms with van der Waals surface area (Å²) >= 11 is 1.28. The molecule has 1 aromatic heterocycles. The molecule has 0 bridgehead atoms. The van der Waals surface area contributed by atoms with Crippen LogP contribution < -0.4 is 0 Å². The quantitative estimate of drug-likeness (QED) is 0.426. The third-order valence-corrected chi connectivity index (χ3v) is 9.18. The summed E-state index contributed by atoms with van der Waals surface area (Å²) in [5.74, 6) is 1.07. The third kappa shape index (κ3) is 5.08. The molecule has 2 fully saturated rings. The van der Waals surface area contributed by atoms with Crippen LogP contribution in [0.15, 0.2) is 70.3 Å². The van der Waals surface area contributed by atoms with Crippen LogP contribution in [0.1, 0.15) is 32.1 Å². The van der Waals surface area contributed by atoms with Gasteiger partial charge in [0, 0.05) is 23.2 Å². The van der Waals surface area contributed by atoms with E-state index in [4.69, 9.17) is 9.40 Å². The molecule has 2 aliphatic rings. The zero-order valence-corrected chi connectivity index (χ0v) is 20.6. The van der Waals surface area contributed by atoms with E-state index in [-0.39, 0.29) is 35.2 Å². The normalized spacial score (nSPS) is 19.9. The van der Waals surface area contributed by atoms with Crippen molar-refractivity contribution in [1.82, 2.24) is 9.88 Å². The van der Waals surface area contributed by atoms with Crippen LogP contribution in [0.3, 0.4) is 0 Å². The Morgan fingerprint density at radius 3 is 2.21 bits per heavy atom. The summed E-state index contributed by atoms with van der Waals surface area (Å²) in [6.07, 6.45) is 4.60. The van der Waals surface area contributed by atoms with Crippen LogP contribution in [-0.4, -0.2) is 53.6 Å². The van der Waals surface area contributed by atoms with Crippen LogP contribution in [0.4, 0.5) is 0 Å². The number of aromatic nitrogens is 1. The second-order valence-corrected chi connectivity index (χ2v) is 12.1. The van der Waals surface area contributed by atoms with E-state index in [1.54, 1.807) is 0 Å². The lowest BCUT2D eigenvalue weighted by molar-refractivity contribution is -0.132. The van der Waals surface area contributed by atoms with Crippen LogP contribution in [-0.2, 0) is 14.6 Å². The minimum absolute atomic E-state index is 0.0280. The molecule has 0 N–H and O–H groups in total. The molecule has 34 heavy (non-hydrogen) atoms. The number of sulfone groups is 1. The number of benzene rings is 2. The van der Waals surface area contributed by atoms with Gasteiger partial charge in [-0.25, -0.2) is 13.4 Å². The molecule has 1 aliphatic carbocycles. The molecule has 1 amide bonds. The first kappa shape index (κ1) is 23.2. The summed E-state index contributed by atoms with van der Waals surface area (Å²) in [5, 5.41) is 0.441. The molecule has 3 aromatic rings. The molecule has 0 spiro atoms. The van der Waals surface area contributed by atoms with Gasteiger partial charge in [-0.1, -0.05) is 85.3 Å². The highest BCUT2D eigenvalue weighted by molar-refractivity contribution is 7.99. The van der Waals surface area contributed by atoms with Crippen LogP contribution >= 0.6 is 11.8 Å². The molecule has 0 radical (unpaired) electrons. The average molecular weight is 497 g/mol. The Hall–Kier alpha value is -2.58. The molecule has 2 heterocycles. The van der Waals surface area contributed by atoms with Crippen LogP contribution in [0.5, 0.6) is 0 Å². The number of carbonyl (C=O) groups excluding carboxylic acids is 1. The fourth-order valence-electron chi connectivity index (χ4n) is 5.02. The number of nitrogens with zero attached hydrogens (tertiary/aromatic N) is 2. The van der Waals surface area contributed by atoms with E-state index < -0.39 is 9.84 Å². The van der Waals surface area contributed by atoms with Gasteiger partial charge >= 0.3 is 0 Å². The number of hydrogen-bond donors (Lipinski definition) is 0. The van der Waals surface area contributed by atoms with Crippen molar-refractivity contribution < 1.29 is 17.6 Å². The fourth-order valence-corrected chi connectivity index (χ4v) is 7.43. The maximum absolute atomic E-state index is 13.4. The molecule has 1 saturated carbocycles. The van der Waals surface area contributed by atoms with Gasteiger partial charge in [-0.05, 0) is 19.3 Å². The van der Waals surface area contributed by atoms with E-state index in [1.165, 1.54) is 11.8 Å². The Labute approximate surface area is 204 Å². The molecular weight excluding hydrogens is 468 g/mol. The second-order valence-electron chi connectivity index (χ2n) is 8.97. The zero-order chi connectivity index (χ0) is 23.5. The van der Waals surface area contributed by atoms with Crippen molar-refractivity contribution in [3.8, 4) is 22.6 Å². The predicted octanol–water partition coefficient (Wildman–Crippen LogP) is 5.06. The van der Waals surface area contributed by atoms with Gasteiger partial charge in [0.2, 0.25) is 5.91 Å². The van der Waals surface area contributed by atoms with E-state index in [2.05, 4.69) is 0 Å². The molecule has 178 valence electrons. The topological polar surface area (TPSA) is 80.5 Å². The number of carbonyl (C=O) groups is 1. The molecule has 1 atom stereocenters. The molecule has 6 nitrogen and oxygen atoms in total. The Morgan fingerprint density at radius 1 is 0.941 bits per heavy atom. The first-order valence-corrected chi connectivity index (χ1v) is 14.6. The van der Waals surface area contributed by atoms with Crippen molar-refractivity contribution in [2.24, 2.45) is 0 Å². The lowest BCUT2D eigenvalue weighted by Crippen LogP contribution is -2.47. The van der Waals surface area contributed by atoms with Crippen LogP contribution in [0.2, 0.25) is 0 Å². The molecule has 1 aliphatic heterocycles. The van der Waals surface area contributed by atoms with E-state index in [1.807, 2.05) is 65.6 Å². The maximum Gasteiger partial charge on any atom is 0.257 e. The number of amides is 1. The SMILES string of the molecule is O=C(CSc1nc(-c2ccccc2)c(-c2ccccc2)o1)N(C1CCCC1)[C@@H]1CCS(=O)(=O)C1. The fraction of sp³-hybridized carbons (Fsp3) is 0.385. The van der Waals surface area contributed by atoms with E-state index in [0.717, 1.165) is 42.5 Å². The standard InChI is InChI=1S/C26H28N2O4S2/c29-23(28(21-13-7-8-14-21)22-15-16-34(30,31)18-22)17-33-26-27-24(19-9-3-1-4-10-19)25(32-26)20-11-5-2-6-12-20/h1-6,9-12,21-22H,7-8,13-18H2/t22-/m1/s1. The summed E-state index contributed by atoms with van der Waals surface area (Å²) in [6, 6.07) is 19.6. The largest absolute Gasteiger partial charge is 0.431 e. The minimum atomic E-state index is -3.07. The van der Waals surface area contributed by atoms with Crippen molar-refractivity contribution >= 4 is 27.5 Å². The Bertz CT molecular complexity index is 1180. The van der Waals surface area contributed by atoms with E-state index in [9.17, 15) is 13.2 Å². The molecule has 2 aromatic carbocycles. The van der Waals surface area contributed by atoms with Crippen molar-refractivity contribution in [2.45, 2.75) is 49.4 Å². The predicted molar refractivity (Wildman–Crippen MR) is 134 cm³/mol. The molecular formula is C26H28N2O4S2. The average Bonchev–Trinajstić information content (AvgIpc) is 3.60. The summed E-state index contributed by atoms with van der Waals surface area (Å²) < 4.78 is 30.4. The monoisotopic (exact) mass is 496 g/mol. The molecule has 8 heteroatoms. The highest BCUT2D eigenvalue weighted by Gasteiger charge is 2.39. The third-order valence-electron chi connectivity index (χ3n) is 6.62. The zero-order valence-electron chi connectivity index (χ0n) is 18.9. The van der Waals surface area contributed by atoms with Gasteiger partial charge in [-0.15, -0.1) is 0 Å². The van der Waals surface area contributed by atoms with E-state index >= 15 is 0 Å². The van der Waals surface area contributed by atoms with Gasteiger partial charge in [-0.3, -0.25) is 4.79 Å². The summed E-state index contributed by atoms with van der Waals surface area (Å²) in [6.45, 7) is 0. The highest BCUT2D eigenvalue weighted by Crippen LogP contribution is 2.36. The molecule has 5 rings (SSSR count). The lowest BCUT2D eigenvalue weighted by atomic mass is 10.1. The summed E-state index contributed by atoms with van der Waals surface area (Å²) in [4.78, 5) is 20.0. The number of hydrogen-bond acceptors (Lipinski definition) is 6. The van der Waals surface area contributed by atoms with Crippen molar-refractivity contribution in [3.63, 3.8) is 0 Å². The molecule has 0 unspecified atom stereocenters. The van der Waals surface area contributed by atoms with Crippen molar-refractivity contribution in [1.29, 1.82) is 0 Å². The number of thioether (sulfide) groups is 1. The molecule has 1 saturated heterocycles. The van der Waals surface area contributed by atoms with Crippen LogP contribution in [0.25, 0.3) is 22.6 Å². The van der Waals surface area contributed by atoms with Gasteiger partial charge in [0.1, 0.15) is 5.69 Å². The Balaban J connectivity index is 1.37. The maximum atomic E-state index is 13.4. The van der Waals surface area contributed by atoms with E-state index in [0.29, 0.717) is 17.4 Å². The number of rotatable bonds is 7. The summed E-state index contributed by atoms with van der Waals surface area (Å²) in [5.41, 5.74) is 2.62. The number of oxazole rings is 1. The first-order chi connectivity index (χ1) is 16.5. The smallest absolute Gasteiger partial charge is 0.257 e. The van der Waals surface area contributed by atoms with Gasteiger partial charge in [0.15, 0.2) is 15.6 Å². The van der Waals surface area contributed by atoms with Crippen molar-refractivity contribution in [3.05, 3.63) is 60.7 Å². The highest BCUT2D eigenvalue weighted by atomic mass is 32.2. The lowest BCUT2D eigenvalue weighted by Gasteiger charge is -2.34.